The molecule has 0 aliphatic carbocycles. The number of aliphatic hydroxyl groups excluding tert-OH is 2. The van der Waals surface area contributed by atoms with E-state index in [1.165, 1.54) is 12.1 Å². The summed E-state index contributed by atoms with van der Waals surface area (Å²) < 4.78 is 38.1. The Morgan fingerprint density at radius 1 is 0.606 bits per heavy atom. The lowest BCUT2D eigenvalue weighted by Gasteiger charge is -2.12. The van der Waals surface area contributed by atoms with Gasteiger partial charge in [0.1, 0.15) is 29.5 Å². The summed E-state index contributed by atoms with van der Waals surface area (Å²) in [6.45, 7) is 1.38. The summed E-state index contributed by atoms with van der Waals surface area (Å²) >= 11 is 18.1. The maximum absolute atomic E-state index is 10.8. The van der Waals surface area contributed by atoms with Gasteiger partial charge in [0.25, 0.3) is 0 Å². The van der Waals surface area contributed by atoms with Crippen LogP contribution in [0, 0.1) is 20.2 Å². The largest absolute Gasteiger partial charge is 0.496 e. The smallest absolute Gasteiger partial charge is 0.494 e. The zero-order valence-electron chi connectivity index (χ0n) is 35.2. The minimum absolute atomic E-state index is 0. The molecule has 0 spiro atoms. The monoisotopic (exact) mass is 999 g/mol. The molecule has 19 nitrogen and oxygen atoms in total. The highest BCUT2D eigenvalue weighted by atomic mass is 35.5. The van der Waals surface area contributed by atoms with Crippen LogP contribution in [0.1, 0.15) is 59.8 Å². The average molecular weight is 1000 g/mol. The minimum atomic E-state index is -1.28. The minimum Gasteiger partial charge on any atom is -0.494 e. The lowest BCUT2D eigenvalue weighted by molar-refractivity contribution is -0.490. The third-order valence-electron chi connectivity index (χ3n) is 9.84. The molecule has 0 radical (unpaired) electrons. The fourth-order valence-corrected chi connectivity index (χ4v) is 7.67. The number of hydrogen-bond donors (Lipinski definition) is 6. The summed E-state index contributed by atoms with van der Waals surface area (Å²) in [6.07, 6.45) is -0.485. The highest BCUT2D eigenvalue weighted by Gasteiger charge is 2.42. The van der Waals surface area contributed by atoms with E-state index >= 15 is 0 Å². The lowest BCUT2D eigenvalue weighted by Crippen LogP contribution is -2.30. The number of ether oxygens (including phenoxy) is 4. The van der Waals surface area contributed by atoms with Crippen molar-refractivity contribution in [3.05, 3.63) is 124 Å². The molecule has 3 heterocycles. The average Bonchev–Trinajstić information content (AvgIpc) is 3.87. The second-order valence-electron chi connectivity index (χ2n) is 14.5. The van der Waals surface area contributed by atoms with E-state index in [4.69, 9.17) is 83.7 Å². The molecule has 0 amide bonds. The van der Waals surface area contributed by atoms with Crippen LogP contribution in [-0.4, -0.2) is 116 Å². The first kappa shape index (κ1) is 54.6. The molecule has 7 rings (SSSR count). The van der Waals surface area contributed by atoms with Crippen molar-refractivity contribution in [1.29, 1.82) is 0 Å². The Balaban J connectivity index is 0.000000220. The number of halogens is 4. The van der Waals surface area contributed by atoms with Crippen molar-refractivity contribution >= 4 is 85.0 Å². The SMILES string of the molecule is Cl.NCC1OB(O)c2c(OCCCO)cc(Cl)cc21.O=[N+]([O-])CC1OB(O)c2c(OCCCO)cc(Cl)cc21.O=[N+]([O-])CC1OB(O)c2c(OCCCOCc3ccccc3)cc(Cl)cc21. The van der Waals surface area contributed by atoms with E-state index < -0.39 is 56.5 Å². The Kier molecular flexibility index (Phi) is 22.5. The van der Waals surface area contributed by atoms with Gasteiger partial charge in [-0.15, -0.1) is 12.4 Å². The Morgan fingerprint density at radius 3 is 1.36 bits per heavy atom. The van der Waals surface area contributed by atoms with Crippen LogP contribution in [0.5, 0.6) is 17.2 Å². The zero-order chi connectivity index (χ0) is 47.0. The number of rotatable bonds is 20. The Hall–Kier alpha value is -3.97. The van der Waals surface area contributed by atoms with E-state index in [-0.39, 0.29) is 44.9 Å². The van der Waals surface area contributed by atoms with Gasteiger partial charge in [-0.3, -0.25) is 20.2 Å². The maximum Gasteiger partial charge on any atom is 0.496 e. The molecule has 26 heteroatoms. The van der Waals surface area contributed by atoms with E-state index in [0.29, 0.717) is 106 Å². The molecule has 3 aliphatic heterocycles. The Morgan fingerprint density at radius 2 is 0.985 bits per heavy atom. The van der Waals surface area contributed by atoms with Gasteiger partial charge in [-0.2, -0.15) is 0 Å². The third kappa shape index (κ3) is 15.3. The molecular weight excluding hydrogens is 953 g/mol. The van der Waals surface area contributed by atoms with Crippen molar-refractivity contribution in [1.82, 2.24) is 0 Å². The second kappa shape index (κ2) is 27.1. The molecule has 4 aromatic carbocycles. The summed E-state index contributed by atoms with van der Waals surface area (Å²) in [7, 11) is -3.60. The Bertz CT molecular complexity index is 2210. The molecular formula is C40H48B3Cl4N3O16. The number of fused-ring (bicyclic) bond motifs is 3. The van der Waals surface area contributed by atoms with Gasteiger partial charge < -0.3 is 63.9 Å². The van der Waals surface area contributed by atoms with Gasteiger partial charge in [0, 0.05) is 80.3 Å². The van der Waals surface area contributed by atoms with E-state index in [2.05, 4.69) is 0 Å². The number of hydrogen-bond acceptors (Lipinski definition) is 17. The van der Waals surface area contributed by atoms with Crippen molar-refractivity contribution < 1.29 is 68.0 Å². The van der Waals surface area contributed by atoms with E-state index in [0.717, 1.165) is 11.1 Å². The maximum atomic E-state index is 10.8. The van der Waals surface area contributed by atoms with E-state index in [1.54, 1.807) is 24.3 Å². The number of benzene rings is 4. The van der Waals surface area contributed by atoms with Gasteiger partial charge in [-0.25, -0.2) is 0 Å². The summed E-state index contributed by atoms with van der Waals surface area (Å²) in [5, 5.41) is 69.9. The molecule has 0 saturated heterocycles. The van der Waals surface area contributed by atoms with Crippen LogP contribution in [0.4, 0.5) is 0 Å². The first-order chi connectivity index (χ1) is 31.2. The third-order valence-corrected chi connectivity index (χ3v) is 10.5. The fourth-order valence-electron chi connectivity index (χ4n) is 7.02. The molecule has 3 atom stereocenters. The van der Waals surface area contributed by atoms with Crippen molar-refractivity contribution in [3.63, 3.8) is 0 Å². The summed E-state index contributed by atoms with van der Waals surface area (Å²) in [4.78, 5) is 20.4. The molecule has 3 unspecified atom stereocenters. The standard InChI is InChI=1S/C18H19BClNO6.C11H13BClNO6.C11H15BClNO4.ClH/c20-14-9-15-17(11-21(23)24)27-19(22)18(15)16(10-14)26-8-4-7-25-12-13-5-2-1-3-6-13;13-7-4-8-10(6-14(17)18)20-12(16)11(8)9(5-7)19-3-1-2-15;13-7-4-8-10(6-14)18-12(16)11(8)9(5-7)17-3-1-2-15;/h1-3,5-6,9-10,17,22H,4,7-8,11-12H2;4-5,10,15-16H,1-3,6H2;4-5,10,15-16H,1-3,6,14H2;1H. The van der Waals surface area contributed by atoms with Gasteiger partial charge in [0.15, 0.2) is 0 Å². The number of nitrogens with zero attached hydrogens (tertiary/aromatic N) is 2. The first-order valence-corrected chi connectivity index (χ1v) is 21.5. The highest BCUT2D eigenvalue weighted by Crippen LogP contribution is 2.33. The number of nitro groups is 2. The molecule has 356 valence electrons. The van der Waals surface area contributed by atoms with Crippen LogP contribution >= 0.6 is 47.2 Å². The molecule has 0 aromatic heterocycles. The molecule has 4 aromatic rings. The van der Waals surface area contributed by atoms with Crippen LogP contribution in [0.3, 0.4) is 0 Å². The van der Waals surface area contributed by atoms with Crippen molar-refractivity contribution in [2.45, 2.75) is 44.2 Å². The molecule has 0 saturated carbocycles. The van der Waals surface area contributed by atoms with Crippen LogP contribution < -0.4 is 36.3 Å². The molecule has 0 bridgehead atoms. The van der Waals surface area contributed by atoms with Gasteiger partial charge >= 0.3 is 21.4 Å². The van der Waals surface area contributed by atoms with Crippen LogP contribution in [0.15, 0.2) is 66.7 Å². The summed E-state index contributed by atoms with van der Waals surface area (Å²) in [6, 6.07) is 19.4. The van der Waals surface area contributed by atoms with E-state index in [1.807, 2.05) is 30.3 Å². The molecule has 66 heavy (non-hydrogen) atoms. The van der Waals surface area contributed by atoms with Crippen molar-refractivity contribution in [2.75, 3.05) is 59.3 Å². The number of aliphatic hydroxyl groups is 2. The van der Waals surface area contributed by atoms with Crippen LogP contribution in [0.25, 0.3) is 0 Å². The van der Waals surface area contributed by atoms with Crippen LogP contribution in [-0.2, 0) is 25.3 Å². The van der Waals surface area contributed by atoms with Gasteiger partial charge in [0.2, 0.25) is 13.1 Å². The fraction of sp³-hybridized carbons (Fsp3) is 0.400. The summed E-state index contributed by atoms with van der Waals surface area (Å²) in [5.41, 5.74) is 9.72. The predicted octanol–water partition coefficient (Wildman–Crippen LogP) is 2.74. The lowest BCUT2D eigenvalue weighted by atomic mass is 9.78. The highest BCUT2D eigenvalue weighted by molar-refractivity contribution is 6.64. The molecule has 3 aliphatic rings. The quantitative estimate of drug-likeness (QED) is 0.0321. The Labute approximate surface area is 402 Å². The molecule has 7 N–H and O–H groups in total. The second-order valence-corrected chi connectivity index (χ2v) is 15.8. The normalized spacial score (nSPS) is 16.5. The van der Waals surface area contributed by atoms with Crippen molar-refractivity contribution in [2.24, 2.45) is 5.73 Å². The van der Waals surface area contributed by atoms with Crippen molar-refractivity contribution in [3.8, 4) is 17.2 Å². The first-order valence-electron chi connectivity index (χ1n) is 20.4. The van der Waals surface area contributed by atoms with Gasteiger partial charge in [0.05, 0.1) is 39.1 Å². The summed E-state index contributed by atoms with van der Waals surface area (Å²) in [5.74, 6) is 1.17. The zero-order valence-corrected chi connectivity index (χ0v) is 38.3. The topological polar surface area (TPSA) is 278 Å². The van der Waals surface area contributed by atoms with Gasteiger partial charge in [-0.1, -0.05) is 65.1 Å². The van der Waals surface area contributed by atoms with Crippen LogP contribution in [0.2, 0.25) is 15.1 Å². The molecule has 0 fully saturated rings. The van der Waals surface area contributed by atoms with E-state index in [9.17, 15) is 35.3 Å². The van der Waals surface area contributed by atoms with Gasteiger partial charge in [-0.05, 0) is 58.7 Å². The number of nitrogens with two attached hydrogens (primary N) is 1. The predicted molar refractivity (Wildman–Crippen MR) is 249 cm³/mol.